The molecule has 0 aromatic carbocycles. The Hall–Kier alpha value is -1.14. The number of hydrogen-bond acceptors (Lipinski definition) is 4. The van der Waals surface area contributed by atoms with Gasteiger partial charge < -0.3 is 15.7 Å². The van der Waals surface area contributed by atoms with Gasteiger partial charge in [-0.1, -0.05) is 0 Å². The number of aliphatic hydroxyl groups excluding tert-OH is 1. The second kappa shape index (κ2) is 5.69. The van der Waals surface area contributed by atoms with Crippen LogP contribution in [0.25, 0.3) is 0 Å². The number of piperidine rings is 1. The van der Waals surface area contributed by atoms with E-state index in [0.29, 0.717) is 12.6 Å². The van der Waals surface area contributed by atoms with Crippen LogP contribution in [0.4, 0.5) is 0 Å². The van der Waals surface area contributed by atoms with E-state index in [4.69, 9.17) is 5.73 Å². The highest BCUT2D eigenvalue weighted by Crippen LogP contribution is 2.43. The summed E-state index contributed by atoms with van der Waals surface area (Å²) in [4.78, 5) is 26.7. The zero-order valence-corrected chi connectivity index (χ0v) is 12.3. The number of primary amides is 1. The molecule has 2 fully saturated rings. The van der Waals surface area contributed by atoms with Crippen LogP contribution >= 0.6 is 0 Å². The van der Waals surface area contributed by atoms with Crippen molar-refractivity contribution < 1.29 is 14.7 Å². The van der Waals surface area contributed by atoms with Crippen molar-refractivity contribution in [3.05, 3.63) is 0 Å². The van der Waals surface area contributed by atoms with Crippen molar-refractivity contribution in [2.24, 2.45) is 5.73 Å². The number of fused-ring (bicyclic) bond motifs is 2. The van der Waals surface area contributed by atoms with Gasteiger partial charge in [-0.05, 0) is 32.1 Å². The quantitative estimate of drug-likeness (QED) is 0.725. The average molecular weight is 283 g/mol. The van der Waals surface area contributed by atoms with Gasteiger partial charge in [0.25, 0.3) is 0 Å². The maximum atomic E-state index is 11.9. The highest BCUT2D eigenvalue weighted by Gasteiger charge is 2.52. The SMILES string of the molecule is CC(=O)N(C)CC(O)CN1[C@@H]2CCC[C@@]1(C(N)=O)CC2. The summed E-state index contributed by atoms with van der Waals surface area (Å²) in [6.45, 7) is 2.17. The van der Waals surface area contributed by atoms with Gasteiger partial charge in [-0.15, -0.1) is 0 Å². The lowest BCUT2D eigenvalue weighted by molar-refractivity contribution is -0.134. The first-order valence-corrected chi connectivity index (χ1v) is 7.33. The van der Waals surface area contributed by atoms with Gasteiger partial charge in [-0.25, -0.2) is 0 Å². The second-order valence-electron chi connectivity index (χ2n) is 6.19. The number of carbonyl (C=O) groups excluding carboxylic acids is 2. The highest BCUT2D eigenvalue weighted by atomic mass is 16.3. The Morgan fingerprint density at radius 2 is 2.15 bits per heavy atom. The molecule has 6 heteroatoms. The fourth-order valence-corrected chi connectivity index (χ4v) is 3.69. The van der Waals surface area contributed by atoms with Crippen LogP contribution in [-0.2, 0) is 9.59 Å². The van der Waals surface area contributed by atoms with Crippen molar-refractivity contribution in [3.63, 3.8) is 0 Å². The third kappa shape index (κ3) is 2.67. The molecule has 2 aliphatic rings. The van der Waals surface area contributed by atoms with Crippen LogP contribution in [-0.4, -0.2) is 64.5 Å². The van der Waals surface area contributed by atoms with Crippen LogP contribution < -0.4 is 5.73 Å². The van der Waals surface area contributed by atoms with Crippen molar-refractivity contribution in [1.82, 2.24) is 9.80 Å². The van der Waals surface area contributed by atoms with Crippen LogP contribution in [0.5, 0.6) is 0 Å². The molecule has 2 amide bonds. The molecule has 2 rings (SSSR count). The van der Waals surface area contributed by atoms with Crippen molar-refractivity contribution in [1.29, 1.82) is 0 Å². The number of rotatable bonds is 5. The van der Waals surface area contributed by atoms with Gasteiger partial charge in [0.1, 0.15) is 5.54 Å². The van der Waals surface area contributed by atoms with Gasteiger partial charge >= 0.3 is 0 Å². The molecule has 0 aromatic rings. The van der Waals surface area contributed by atoms with Gasteiger partial charge in [0.15, 0.2) is 0 Å². The maximum absolute atomic E-state index is 11.9. The van der Waals surface area contributed by atoms with E-state index in [2.05, 4.69) is 4.90 Å². The number of aliphatic hydroxyl groups is 1. The molecule has 2 saturated heterocycles. The van der Waals surface area contributed by atoms with E-state index < -0.39 is 11.6 Å². The predicted molar refractivity (Wildman–Crippen MR) is 74.8 cm³/mol. The number of hydrogen-bond donors (Lipinski definition) is 2. The summed E-state index contributed by atoms with van der Waals surface area (Å²) in [5.74, 6) is -0.345. The number of amides is 2. The summed E-state index contributed by atoms with van der Waals surface area (Å²) < 4.78 is 0. The van der Waals surface area contributed by atoms with Crippen LogP contribution in [0.2, 0.25) is 0 Å². The molecule has 6 nitrogen and oxygen atoms in total. The molecule has 3 N–H and O–H groups in total. The molecule has 0 aromatic heterocycles. The second-order valence-corrected chi connectivity index (χ2v) is 6.19. The number of nitrogens with zero attached hydrogens (tertiary/aromatic N) is 2. The molecule has 0 aliphatic carbocycles. The number of carbonyl (C=O) groups is 2. The van der Waals surface area contributed by atoms with E-state index in [-0.39, 0.29) is 18.4 Å². The zero-order valence-electron chi connectivity index (χ0n) is 12.3. The molecule has 114 valence electrons. The normalized spacial score (nSPS) is 31.1. The highest BCUT2D eigenvalue weighted by molar-refractivity contribution is 5.85. The average Bonchev–Trinajstić information content (AvgIpc) is 2.59. The lowest BCUT2D eigenvalue weighted by Gasteiger charge is -2.43. The van der Waals surface area contributed by atoms with Gasteiger partial charge in [-0.3, -0.25) is 14.5 Å². The largest absolute Gasteiger partial charge is 0.390 e. The molecule has 0 radical (unpaired) electrons. The van der Waals surface area contributed by atoms with Crippen LogP contribution in [0.15, 0.2) is 0 Å². The lowest BCUT2D eigenvalue weighted by atomic mass is 9.87. The Morgan fingerprint density at radius 1 is 1.45 bits per heavy atom. The molecule has 2 aliphatic heterocycles. The van der Waals surface area contributed by atoms with Crippen molar-refractivity contribution in [3.8, 4) is 0 Å². The summed E-state index contributed by atoms with van der Waals surface area (Å²) in [5, 5.41) is 10.2. The standard InChI is InChI=1S/C14H25N3O3/c1-10(18)16(2)8-12(19)9-17-11-4-3-6-14(17,7-5-11)13(15)20/h11-12,19H,3-9H2,1-2H3,(H2,15,20)/t11-,12?,14+/m1/s1. The first kappa shape index (κ1) is 15.3. The maximum Gasteiger partial charge on any atom is 0.237 e. The smallest absolute Gasteiger partial charge is 0.237 e. The monoisotopic (exact) mass is 283 g/mol. The Morgan fingerprint density at radius 3 is 2.75 bits per heavy atom. The molecule has 2 bridgehead atoms. The van der Waals surface area contributed by atoms with Gasteiger partial charge in [0.2, 0.25) is 11.8 Å². The van der Waals surface area contributed by atoms with Crippen LogP contribution in [0.1, 0.15) is 39.0 Å². The molecule has 20 heavy (non-hydrogen) atoms. The Labute approximate surface area is 119 Å². The molecule has 3 atom stereocenters. The first-order valence-electron chi connectivity index (χ1n) is 7.33. The summed E-state index contributed by atoms with van der Waals surface area (Å²) >= 11 is 0. The topological polar surface area (TPSA) is 86.9 Å². The number of likely N-dealkylation sites (N-methyl/N-ethyl adjacent to an activating group) is 1. The summed E-state index contributed by atoms with van der Waals surface area (Å²) in [5.41, 5.74) is 5.06. The minimum Gasteiger partial charge on any atom is -0.390 e. The third-order valence-electron chi connectivity index (χ3n) is 4.90. The van der Waals surface area contributed by atoms with Crippen molar-refractivity contribution in [2.75, 3.05) is 20.1 Å². The molecular weight excluding hydrogens is 258 g/mol. The molecule has 0 saturated carbocycles. The molecular formula is C14H25N3O3. The summed E-state index contributed by atoms with van der Waals surface area (Å²) in [7, 11) is 1.67. The lowest BCUT2D eigenvalue weighted by Crippen LogP contribution is -2.60. The fourth-order valence-electron chi connectivity index (χ4n) is 3.69. The predicted octanol–water partition coefficient (Wildman–Crippen LogP) is -0.302. The number of nitrogens with two attached hydrogens (primary N) is 1. The van der Waals surface area contributed by atoms with Crippen LogP contribution in [0.3, 0.4) is 0 Å². The zero-order chi connectivity index (χ0) is 14.9. The van der Waals surface area contributed by atoms with Crippen molar-refractivity contribution in [2.45, 2.75) is 56.7 Å². The third-order valence-corrected chi connectivity index (χ3v) is 4.90. The Bertz CT molecular complexity index is 397. The first-order chi connectivity index (χ1) is 9.36. The summed E-state index contributed by atoms with van der Waals surface area (Å²) in [6.07, 6.45) is 3.98. The fraction of sp³-hybridized carbons (Fsp3) is 0.857. The van der Waals surface area contributed by atoms with E-state index in [9.17, 15) is 14.7 Å². The molecule has 2 heterocycles. The minimum atomic E-state index is -0.652. The Balaban J connectivity index is 2.04. The molecule has 0 spiro atoms. The van der Waals surface area contributed by atoms with Crippen LogP contribution in [0, 0.1) is 0 Å². The summed E-state index contributed by atoms with van der Waals surface area (Å²) in [6, 6.07) is 0.341. The Kier molecular flexibility index (Phi) is 4.34. The van der Waals surface area contributed by atoms with E-state index in [0.717, 1.165) is 32.1 Å². The van der Waals surface area contributed by atoms with E-state index in [1.807, 2.05) is 0 Å². The van der Waals surface area contributed by atoms with Gasteiger partial charge in [0, 0.05) is 33.1 Å². The van der Waals surface area contributed by atoms with E-state index in [1.165, 1.54) is 11.8 Å². The van der Waals surface area contributed by atoms with Gasteiger partial charge in [-0.2, -0.15) is 0 Å². The van der Waals surface area contributed by atoms with E-state index in [1.54, 1.807) is 7.05 Å². The minimum absolute atomic E-state index is 0.0738. The molecule has 1 unspecified atom stereocenters. The van der Waals surface area contributed by atoms with Crippen molar-refractivity contribution >= 4 is 11.8 Å². The number of β-amino-alcohol motifs (C(OH)–C–C–N with tert-alkyl or cyclic N) is 1. The van der Waals surface area contributed by atoms with Gasteiger partial charge in [0.05, 0.1) is 6.10 Å². The van der Waals surface area contributed by atoms with E-state index >= 15 is 0 Å².